The first-order valence-corrected chi connectivity index (χ1v) is 13.2. The number of hydrogen-bond donors (Lipinski definition) is 3. The first-order valence-electron chi connectivity index (χ1n) is 13.2. The lowest BCUT2D eigenvalue weighted by atomic mass is 9.82. The van der Waals surface area contributed by atoms with Gasteiger partial charge in [0.15, 0.2) is 17.1 Å². The Morgan fingerprint density at radius 3 is 2.39 bits per heavy atom. The molecule has 6 rings (SSSR count). The lowest BCUT2D eigenvalue weighted by Crippen LogP contribution is -2.28. The van der Waals surface area contributed by atoms with Gasteiger partial charge in [0.1, 0.15) is 18.0 Å². The van der Waals surface area contributed by atoms with Gasteiger partial charge in [0.2, 0.25) is 0 Å². The molecule has 2 fully saturated rings. The quantitative estimate of drug-likeness (QED) is 0.279. The Kier molecular flexibility index (Phi) is 6.68. The van der Waals surface area contributed by atoms with Crippen molar-refractivity contribution in [2.24, 2.45) is 5.92 Å². The van der Waals surface area contributed by atoms with Crippen LogP contribution in [0, 0.1) is 5.92 Å². The van der Waals surface area contributed by atoms with Gasteiger partial charge in [-0.1, -0.05) is 30.3 Å². The summed E-state index contributed by atoms with van der Waals surface area (Å²) in [7, 11) is 0. The van der Waals surface area contributed by atoms with Crippen LogP contribution in [0.4, 0.5) is 17.3 Å². The monoisotopic (exact) mass is 510 g/mol. The third kappa shape index (κ3) is 5.49. The van der Waals surface area contributed by atoms with Gasteiger partial charge in [-0.25, -0.2) is 19.5 Å². The normalized spacial score (nSPS) is 19.2. The van der Waals surface area contributed by atoms with Gasteiger partial charge in [-0.2, -0.15) is 0 Å². The topological polar surface area (TPSA) is 126 Å². The average molecular weight is 511 g/mol. The largest absolute Gasteiger partial charge is 0.379 e. The molecule has 2 saturated carbocycles. The van der Waals surface area contributed by atoms with E-state index in [2.05, 4.69) is 30.9 Å². The predicted octanol–water partition coefficient (Wildman–Crippen LogP) is 4.59. The summed E-state index contributed by atoms with van der Waals surface area (Å²) in [6.45, 7) is 0. The number of Topliss-reactive ketones (excluding diaryl/α,β-unsaturated/α-hetero) is 1. The van der Waals surface area contributed by atoms with Crippen molar-refractivity contribution < 1.29 is 9.59 Å². The van der Waals surface area contributed by atoms with Gasteiger partial charge in [0, 0.05) is 36.3 Å². The minimum absolute atomic E-state index is 0.220. The van der Waals surface area contributed by atoms with E-state index in [0.717, 1.165) is 49.8 Å². The van der Waals surface area contributed by atoms with E-state index >= 15 is 0 Å². The summed E-state index contributed by atoms with van der Waals surface area (Å²) < 4.78 is 1.59. The van der Waals surface area contributed by atoms with Gasteiger partial charge in [0.25, 0.3) is 5.91 Å². The fourth-order valence-electron chi connectivity index (χ4n) is 5.02. The third-order valence-electron chi connectivity index (χ3n) is 7.23. The Hall–Kier alpha value is -4.34. The SMILES string of the molecule is O=C(CC1CCC(Nc2cc(NC3CC3)c3ncc(C(=O)Nc4ccncn4)n3n2)CC1)c1ccccc1. The number of hydrogen-bond acceptors (Lipinski definition) is 8. The van der Waals surface area contributed by atoms with Crippen LogP contribution < -0.4 is 16.0 Å². The molecule has 10 nitrogen and oxygen atoms in total. The van der Waals surface area contributed by atoms with Crippen LogP contribution in [0.1, 0.15) is 65.8 Å². The maximum absolute atomic E-state index is 13.0. The molecular weight excluding hydrogens is 480 g/mol. The standard InChI is InChI=1S/C28H30N8O2/c37-24(19-4-2-1-3-5-19)14-18-6-8-21(9-7-18)33-26-15-22(32-20-10-11-20)27-30-16-23(36(27)35-26)28(38)34-25-12-13-29-17-31-25/h1-5,12-13,15-18,20-21,32H,6-11,14H2,(H,33,35)(H,29,31,34,38). The summed E-state index contributed by atoms with van der Waals surface area (Å²) in [5.74, 6) is 1.38. The highest BCUT2D eigenvalue weighted by Gasteiger charge is 2.26. The van der Waals surface area contributed by atoms with Crippen molar-refractivity contribution >= 4 is 34.7 Å². The molecule has 1 amide bonds. The van der Waals surface area contributed by atoms with Crippen LogP contribution in [-0.2, 0) is 0 Å². The molecule has 0 bridgehead atoms. The van der Waals surface area contributed by atoms with Gasteiger partial charge in [-0.15, -0.1) is 5.10 Å². The lowest BCUT2D eigenvalue weighted by Gasteiger charge is -2.29. The Bertz CT molecular complexity index is 1430. The van der Waals surface area contributed by atoms with Gasteiger partial charge < -0.3 is 16.0 Å². The predicted molar refractivity (Wildman–Crippen MR) is 144 cm³/mol. The van der Waals surface area contributed by atoms with E-state index in [1.165, 1.54) is 12.5 Å². The molecule has 194 valence electrons. The smallest absolute Gasteiger partial charge is 0.277 e. The van der Waals surface area contributed by atoms with Gasteiger partial charge in [0.05, 0.1) is 11.9 Å². The minimum atomic E-state index is -0.346. The molecule has 38 heavy (non-hydrogen) atoms. The lowest BCUT2D eigenvalue weighted by molar-refractivity contribution is 0.0948. The number of fused-ring (bicyclic) bond motifs is 1. The van der Waals surface area contributed by atoms with Crippen molar-refractivity contribution in [1.82, 2.24) is 24.6 Å². The molecule has 0 spiro atoms. The summed E-state index contributed by atoms with van der Waals surface area (Å²) in [5, 5.41) is 14.6. The number of rotatable bonds is 9. The van der Waals surface area contributed by atoms with Crippen LogP contribution >= 0.6 is 0 Å². The number of carbonyl (C=O) groups is 2. The molecule has 0 unspecified atom stereocenters. The second-order valence-corrected chi connectivity index (χ2v) is 10.1. The Balaban J connectivity index is 1.16. The molecule has 10 heteroatoms. The Morgan fingerprint density at radius 1 is 0.895 bits per heavy atom. The van der Waals surface area contributed by atoms with Crippen LogP contribution in [0.2, 0.25) is 0 Å². The van der Waals surface area contributed by atoms with Crippen LogP contribution in [0.5, 0.6) is 0 Å². The van der Waals surface area contributed by atoms with Crippen LogP contribution in [0.3, 0.4) is 0 Å². The fourth-order valence-corrected chi connectivity index (χ4v) is 5.02. The van der Waals surface area contributed by atoms with Crippen molar-refractivity contribution in [2.45, 2.75) is 57.0 Å². The number of carbonyl (C=O) groups excluding carboxylic acids is 2. The second-order valence-electron chi connectivity index (χ2n) is 10.1. The van der Waals surface area contributed by atoms with Crippen LogP contribution in [0.15, 0.2) is 61.2 Å². The number of aromatic nitrogens is 5. The summed E-state index contributed by atoms with van der Waals surface area (Å²) >= 11 is 0. The van der Waals surface area contributed by atoms with E-state index in [1.54, 1.807) is 16.8 Å². The van der Waals surface area contributed by atoms with E-state index in [1.807, 2.05) is 36.4 Å². The van der Waals surface area contributed by atoms with E-state index in [0.29, 0.717) is 41.4 Å². The third-order valence-corrected chi connectivity index (χ3v) is 7.23. The number of nitrogens with zero attached hydrogens (tertiary/aromatic N) is 5. The maximum atomic E-state index is 13.0. The number of ketones is 1. The van der Waals surface area contributed by atoms with Gasteiger partial charge >= 0.3 is 0 Å². The molecule has 3 heterocycles. The van der Waals surface area contributed by atoms with Crippen molar-refractivity contribution in [3.05, 3.63) is 72.4 Å². The number of imidazole rings is 1. The van der Waals surface area contributed by atoms with Crippen molar-refractivity contribution in [2.75, 3.05) is 16.0 Å². The molecule has 0 atom stereocenters. The molecule has 0 radical (unpaired) electrons. The van der Waals surface area contributed by atoms with E-state index in [4.69, 9.17) is 5.10 Å². The first-order chi connectivity index (χ1) is 18.6. The Labute approximate surface area is 220 Å². The van der Waals surface area contributed by atoms with E-state index in [9.17, 15) is 9.59 Å². The van der Waals surface area contributed by atoms with E-state index in [-0.39, 0.29) is 17.7 Å². The molecular formula is C28H30N8O2. The zero-order valence-corrected chi connectivity index (χ0v) is 21.0. The van der Waals surface area contributed by atoms with Crippen LogP contribution in [0.25, 0.3) is 5.65 Å². The first kappa shape index (κ1) is 24.0. The van der Waals surface area contributed by atoms with E-state index < -0.39 is 0 Å². The number of anilines is 3. The number of amides is 1. The molecule has 0 aliphatic heterocycles. The highest BCUT2D eigenvalue weighted by molar-refractivity contribution is 6.03. The van der Waals surface area contributed by atoms with Crippen molar-refractivity contribution in [1.29, 1.82) is 0 Å². The zero-order chi connectivity index (χ0) is 25.9. The van der Waals surface area contributed by atoms with Crippen molar-refractivity contribution in [3.8, 4) is 0 Å². The fraction of sp³-hybridized carbons (Fsp3) is 0.357. The highest BCUT2D eigenvalue weighted by atomic mass is 16.2. The molecule has 3 N–H and O–H groups in total. The molecule has 3 aromatic heterocycles. The summed E-state index contributed by atoms with van der Waals surface area (Å²) in [6.07, 6.45) is 11.2. The van der Waals surface area contributed by atoms with Crippen LogP contribution in [-0.4, -0.2) is 48.3 Å². The Morgan fingerprint density at radius 2 is 1.66 bits per heavy atom. The second kappa shape index (κ2) is 10.6. The van der Waals surface area contributed by atoms with Crippen molar-refractivity contribution in [3.63, 3.8) is 0 Å². The summed E-state index contributed by atoms with van der Waals surface area (Å²) in [4.78, 5) is 38.1. The maximum Gasteiger partial charge on any atom is 0.277 e. The molecule has 4 aromatic rings. The zero-order valence-electron chi connectivity index (χ0n) is 21.0. The molecule has 1 aromatic carbocycles. The molecule has 2 aliphatic carbocycles. The average Bonchev–Trinajstić information content (AvgIpc) is 3.65. The molecule has 0 saturated heterocycles. The number of benzene rings is 1. The van der Waals surface area contributed by atoms with Gasteiger partial charge in [-0.3, -0.25) is 9.59 Å². The van der Waals surface area contributed by atoms with Gasteiger partial charge in [-0.05, 0) is 50.5 Å². The molecule has 2 aliphatic rings. The number of nitrogens with one attached hydrogen (secondary N) is 3. The summed E-state index contributed by atoms with van der Waals surface area (Å²) in [6, 6.07) is 13.8. The highest BCUT2D eigenvalue weighted by Crippen LogP contribution is 2.32. The summed E-state index contributed by atoms with van der Waals surface area (Å²) in [5.41, 5.74) is 2.58. The minimum Gasteiger partial charge on any atom is -0.379 e.